The third-order valence-electron chi connectivity index (χ3n) is 4.37. The number of cyclic esters (lactones) is 1. The van der Waals surface area contributed by atoms with Crippen molar-refractivity contribution in [3.63, 3.8) is 0 Å². The highest BCUT2D eigenvalue weighted by atomic mass is 19.4. The van der Waals surface area contributed by atoms with E-state index in [1.807, 2.05) is 0 Å². The third-order valence-corrected chi connectivity index (χ3v) is 4.37. The van der Waals surface area contributed by atoms with Crippen LogP contribution in [0.3, 0.4) is 0 Å². The van der Waals surface area contributed by atoms with Crippen LogP contribution in [0.5, 0.6) is 5.75 Å². The summed E-state index contributed by atoms with van der Waals surface area (Å²) in [6.07, 6.45) is -5.11. The van der Waals surface area contributed by atoms with Crippen LogP contribution < -0.4 is 15.0 Å². The van der Waals surface area contributed by atoms with Crippen molar-refractivity contribution < 1.29 is 36.9 Å². The van der Waals surface area contributed by atoms with Gasteiger partial charge in [0.1, 0.15) is 30.0 Å². The number of aliphatic hydroxyl groups excluding tert-OH is 1. The summed E-state index contributed by atoms with van der Waals surface area (Å²) in [6.45, 7) is 3.07. The number of nitrogens with zero attached hydrogens (tertiary/aromatic N) is 3. The van der Waals surface area contributed by atoms with Crippen LogP contribution in [0.2, 0.25) is 0 Å². The Morgan fingerprint density at radius 3 is 2.70 bits per heavy atom. The number of hydrogen-bond donors (Lipinski definition) is 2. The lowest BCUT2D eigenvalue weighted by Gasteiger charge is -2.23. The predicted molar refractivity (Wildman–Crippen MR) is 96.4 cm³/mol. The van der Waals surface area contributed by atoms with Gasteiger partial charge in [0, 0.05) is 17.8 Å². The van der Waals surface area contributed by atoms with Gasteiger partial charge in [-0.15, -0.1) is 13.2 Å². The topological polar surface area (TPSA) is 96.8 Å². The molecule has 8 nitrogen and oxygen atoms in total. The summed E-state index contributed by atoms with van der Waals surface area (Å²) in [6, 6.07) is 2.87. The van der Waals surface area contributed by atoms with Crippen molar-refractivity contribution in [1.82, 2.24) is 9.97 Å². The van der Waals surface area contributed by atoms with E-state index in [1.165, 1.54) is 24.1 Å². The molecular weight excluding hydrogens is 412 g/mol. The largest absolute Gasteiger partial charge is 0.573 e. The number of benzene rings is 1. The highest BCUT2D eigenvalue weighted by molar-refractivity contribution is 5.89. The number of carbonyl (C=O) groups is 1. The Morgan fingerprint density at radius 2 is 2.07 bits per heavy atom. The summed E-state index contributed by atoms with van der Waals surface area (Å²) in [4.78, 5) is 21.4. The van der Waals surface area contributed by atoms with Gasteiger partial charge in [-0.05, 0) is 26.0 Å². The van der Waals surface area contributed by atoms with Crippen molar-refractivity contribution in [2.45, 2.75) is 38.4 Å². The molecule has 1 aliphatic heterocycles. The van der Waals surface area contributed by atoms with Crippen LogP contribution in [0.15, 0.2) is 30.5 Å². The zero-order valence-electron chi connectivity index (χ0n) is 15.9. The fourth-order valence-electron chi connectivity index (χ4n) is 2.93. The first-order valence-electron chi connectivity index (χ1n) is 8.84. The van der Waals surface area contributed by atoms with Crippen molar-refractivity contribution in [2.75, 3.05) is 16.8 Å². The second-order valence-electron chi connectivity index (χ2n) is 6.59. The van der Waals surface area contributed by atoms with Crippen LogP contribution in [0.1, 0.15) is 25.5 Å². The predicted octanol–water partition coefficient (Wildman–Crippen LogP) is 3.39. The summed E-state index contributed by atoms with van der Waals surface area (Å²) in [7, 11) is 0. The average molecular weight is 430 g/mol. The number of rotatable bonds is 6. The van der Waals surface area contributed by atoms with Crippen molar-refractivity contribution in [3.05, 3.63) is 41.8 Å². The molecule has 2 heterocycles. The maximum atomic E-state index is 14.3. The Hall–Kier alpha value is -3.15. The molecule has 3 rings (SSSR count). The molecule has 0 spiro atoms. The SMILES string of the molecule is C[C@H](Nc1nccc(N2C(=O)OCC2[C@@H](C)O)n1)c1ccc(OC(F)(F)F)cc1F. The minimum Gasteiger partial charge on any atom is -0.447 e. The van der Waals surface area contributed by atoms with E-state index in [2.05, 4.69) is 20.0 Å². The number of anilines is 2. The van der Waals surface area contributed by atoms with E-state index in [0.717, 1.165) is 12.1 Å². The van der Waals surface area contributed by atoms with Gasteiger partial charge in [0.15, 0.2) is 0 Å². The molecule has 1 saturated heterocycles. The van der Waals surface area contributed by atoms with Gasteiger partial charge in [0.05, 0.1) is 12.1 Å². The molecule has 2 N–H and O–H groups in total. The minimum atomic E-state index is -4.92. The van der Waals surface area contributed by atoms with Crippen LogP contribution in [0.25, 0.3) is 0 Å². The number of amides is 1. The van der Waals surface area contributed by atoms with Gasteiger partial charge in [-0.2, -0.15) is 4.98 Å². The third kappa shape index (κ3) is 4.87. The van der Waals surface area contributed by atoms with Crippen LogP contribution in [-0.2, 0) is 4.74 Å². The first-order chi connectivity index (χ1) is 14.0. The van der Waals surface area contributed by atoms with Gasteiger partial charge in [-0.1, -0.05) is 6.07 Å². The molecule has 0 radical (unpaired) electrons. The minimum absolute atomic E-state index is 0.00275. The normalized spacial score (nSPS) is 18.7. The number of ether oxygens (including phenoxy) is 2. The monoisotopic (exact) mass is 430 g/mol. The average Bonchev–Trinajstić information content (AvgIpc) is 3.02. The number of aliphatic hydroxyl groups is 1. The molecule has 0 bridgehead atoms. The smallest absolute Gasteiger partial charge is 0.447 e. The summed E-state index contributed by atoms with van der Waals surface area (Å²) in [5, 5.41) is 12.7. The van der Waals surface area contributed by atoms with Gasteiger partial charge in [0.2, 0.25) is 5.95 Å². The van der Waals surface area contributed by atoms with Crippen LogP contribution in [0.4, 0.5) is 34.1 Å². The maximum absolute atomic E-state index is 14.3. The van der Waals surface area contributed by atoms with Crippen molar-refractivity contribution in [2.24, 2.45) is 0 Å². The standard InChI is InChI=1S/C18H18F4N4O4/c1-9(12-4-3-11(7-13(12)19)30-18(20,21)22)24-16-23-6-5-15(25-16)26-14(10(2)27)8-29-17(26)28/h3-7,9-10,14,27H,8H2,1-2H3,(H,23,24,25)/t9-,10+,14?/m0/s1. The molecule has 1 aromatic carbocycles. The molecule has 1 fully saturated rings. The molecule has 162 valence electrons. The lowest BCUT2D eigenvalue weighted by Crippen LogP contribution is -2.41. The van der Waals surface area contributed by atoms with Gasteiger partial charge >= 0.3 is 12.5 Å². The van der Waals surface area contributed by atoms with E-state index in [-0.39, 0.29) is 23.9 Å². The second kappa shape index (κ2) is 8.30. The molecule has 12 heteroatoms. The van der Waals surface area contributed by atoms with Crippen LogP contribution in [-0.4, -0.2) is 46.3 Å². The molecule has 1 aromatic heterocycles. The van der Waals surface area contributed by atoms with Gasteiger partial charge in [-0.3, -0.25) is 4.90 Å². The van der Waals surface area contributed by atoms with Crippen molar-refractivity contribution >= 4 is 17.9 Å². The van der Waals surface area contributed by atoms with E-state index >= 15 is 0 Å². The second-order valence-corrected chi connectivity index (χ2v) is 6.59. The molecule has 30 heavy (non-hydrogen) atoms. The van der Waals surface area contributed by atoms with E-state index < -0.39 is 42.2 Å². The Morgan fingerprint density at radius 1 is 1.33 bits per heavy atom. The summed E-state index contributed by atoms with van der Waals surface area (Å²) < 4.78 is 59.7. The van der Waals surface area contributed by atoms with Crippen LogP contribution >= 0.6 is 0 Å². The summed E-state index contributed by atoms with van der Waals surface area (Å²) in [5.74, 6) is -1.38. The summed E-state index contributed by atoms with van der Waals surface area (Å²) >= 11 is 0. The number of aromatic nitrogens is 2. The highest BCUT2D eigenvalue weighted by Gasteiger charge is 2.38. The fourth-order valence-corrected chi connectivity index (χ4v) is 2.93. The van der Waals surface area contributed by atoms with E-state index in [9.17, 15) is 27.5 Å². The quantitative estimate of drug-likeness (QED) is 0.678. The molecular formula is C18H18F4N4O4. The molecule has 1 aliphatic rings. The molecule has 1 amide bonds. The first-order valence-corrected chi connectivity index (χ1v) is 8.84. The Bertz CT molecular complexity index is 925. The highest BCUT2D eigenvalue weighted by Crippen LogP contribution is 2.29. The summed E-state index contributed by atoms with van der Waals surface area (Å²) in [5.41, 5.74) is 0.0565. The zero-order valence-corrected chi connectivity index (χ0v) is 15.9. The molecule has 0 aliphatic carbocycles. The molecule has 3 atom stereocenters. The number of carbonyl (C=O) groups excluding carboxylic acids is 1. The van der Waals surface area contributed by atoms with Crippen molar-refractivity contribution in [3.8, 4) is 5.75 Å². The van der Waals surface area contributed by atoms with E-state index in [0.29, 0.717) is 6.07 Å². The number of hydrogen-bond acceptors (Lipinski definition) is 7. The number of halogens is 4. The molecule has 0 saturated carbocycles. The Balaban J connectivity index is 1.77. The van der Waals surface area contributed by atoms with Gasteiger partial charge in [-0.25, -0.2) is 14.2 Å². The fraction of sp³-hybridized carbons (Fsp3) is 0.389. The zero-order chi connectivity index (χ0) is 22.1. The van der Waals surface area contributed by atoms with E-state index in [1.54, 1.807) is 6.92 Å². The lowest BCUT2D eigenvalue weighted by atomic mass is 10.1. The van der Waals surface area contributed by atoms with Crippen LogP contribution in [0, 0.1) is 5.82 Å². The molecule has 1 unspecified atom stereocenters. The van der Waals surface area contributed by atoms with E-state index in [4.69, 9.17) is 4.74 Å². The van der Waals surface area contributed by atoms with Crippen molar-refractivity contribution in [1.29, 1.82) is 0 Å². The van der Waals surface area contributed by atoms with Gasteiger partial charge < -0.3 is 19.9 Å². The Kier molecular flexibility index (Phi) is 5.97. The Labute approximate surface area is 168 Å². The molecule has 2 aromatic rings. The number of alkyl halides is 3. The number of nitrogens with one attached hydrogen (secondary N) is 1. The first kappa shape index (κ1) is 21.6. The lowest BCUT2D eigenvalue weighted by molar-refractivity contribution is -0.274. The maximum Gasteiger partial charge on any atom is 0.573 e. The van der Waals surface area contributed by atoms with Gasteiger partial charge in [0.25, 0.3) is 0 Å².